The van der Waals surface area contributed by atoms with E-state index in [2.05, 4.69) is 106 Å². The Morgan fingerprint density at radius 1 is 0.367 bits per heavy atom. The minimum absolute atomic E-state index is 0.125. The maximum Gasteiger partial charge on any atom is 0.306 e. The number of rotatable bonds is 39. The minimum Gasteiger partial charge on any atom is -0.462 e. The fourth-order valence-electron chi connectivity index (χ4n) is 5.55. The van der Waals surface area contributed by atoms with Crippen molar-refractivity contribution in [1.29, 1.82) is 0 Å². The Morgan fingerprint density at radius 2 is 0.733 bits per heavy atom. The zero-order valence-corrected chi connectivity index (χ0v) is 37.9. The quantitative estimate of drug-likeness (QED) is 0.0202. The highest BCUT2D eigenvalue weighted by atomic mass is 16.6. The Hall–Kier alpha value is -4.45. The van der Waals surface area contributed by atoms with Crippen LogP contribution in [0.15, 0.2) is 134 Å². The van der Waals surface area contributed by atoms with E-state index in [0.29, 0.717) is 19.3 Å². The van der Waals surface area contributed by atoms with Crippen molar-refractivity contribution in [2.45, 2.75) is 175 Å². The van der Waals surface area contributed by atoms with Crippen molar-refractivity contribution in [2.75, 3.05) is 13.2 Å². The Kier molecular flexibility index (Phi) is 43.7. The van der Waals surface area contributed by atoms with Crippen LogP contribution in [0.2, 0.25) is 0 Å². The zero-order chi connectivity index (χ0) is 43.7. The molecule has 0 aliphatic heterocycles. The highest BCUT2D eigenvalue weighted by Crippen LogP contribution is 2.11. The Bertz CT molecular complexity index is 1370. The van der Waals surface area contributed by atoms with Gasteiger partial charge in [-0.15, -0.1) is 0 Å². The third kappa shape index (κ3) is 44.6. The third-order valence-corrected chi connectivity index (χ3v) is 9.03. The molecule has 6 nitrogen and oxygen atoms in total. The van der Waals surface area contributed by atoms with Crippen LogP contribution in [-0.4, -0.2) is 37.2 Å². The fourth-order valence-corrected chi connectivity index (χ4v) is 5.55. The van der Waals surface area contributed by atoms with Crippen LogP contribution in [0.4, 0.5) is 0 Å². The summed E-state index contributed by atoms with van der Waals surface area (Å²) < 4.78 is 16.6. The summed E-state index contributed by atoms with van der Waals surface area (Å²) in [7, 11) is 0. The van der Waals surface area contributed by atoms with Gasteiger partial charge >= 0.3 is 17.9 Å². The van der Waals surface area contributed by atoms with Crippen LogP contribution >= 0.6 is 0 Å². The second-order valence-corrected chi connectivity index (χ2v) is 14.7. The summed E-state index contributed by atoms with van der Waals surface area (Å²) in [4.78, 5) is 37.8. The predicted octanol–water partition coefficient (Wildman–Crippen LogP) is 15.1. The van der Waals surface area contributed by atoms with E-state index in [-0.39, 0.29) is 37.5 Å². The molecule has 0 amide bonds. The molecule has 1 atom stereocenters. The molecular weight excluding hydrogens is 745 g/mol. The van der Waals surface area contributed by atoms with Crippen LogP contribution in [0, 0.1) is 0 Å². The lowest BCUT2D eigenvalue weighted by molar-refractivity contribution is -0.167. The van der Waals surface area contributed by atoms with Gasteiger partial charge in [-0.3, -0.25) is 14.4 Å². The van der Waals surface area contributed by atoms with Gasteiger partial charge in [0, 0.05) is 19.3 Å². The average molecular weight is 827 g/mol. The van der Waals surface area contributed by atoms with Crippen molar-refractivity contribution < 1.29 is 28.6 Å². The number of carbonyl (C=O) groups excluding carboxylic acids is 3. The number of hydrogen-bond donors (Lipinski definition) is 0. The smallest absolute Gasteiger partial charge is 0.306 e. The molecule has 0 aliphatic carbocycles. The molecule has 6 heteroatoms. The number of ether oxygens (including phenoxy) is 3. The number of carbonyl (C=O) groups is 3. The van der Waals surface area contributed by atoms with Crippen molar-refractivity contribution in [3.05, 3.63) is 134 Å². The van der Waals surface area contributed by atoms with E-state index in [0.717, 1.165) is 109 Å². The molecule has 0 aromatic carbocycles. The maximum atomic E-state index is 12.7. The normalized spacial score (nSPS) is 13.3. The first-order valence-corrected chi connectivity index (χ1v) is 23.3. The predicted molar refractivity (Wildman–Crippen MR) is 256 cm³/mol. The minimum atomic E-state index is -0.828. The molecule has 0 aromatic heterocycles. The van der Waals surface area contributed by atoms with Gasteiger partial charge in [0.1, 0.15) is 13.2 Å². The van der Waals surface area contributed by atoms with E-state index in [9.17, 15) is 14.4 Å². The first-order valence-electron chi connectivity index (χ1n) is 23.3. The summed E-state index contributed by atoms with van der Waals surface area (Å²) in [5.74, 6) is -1.04. The van der Waals surface area contributed by atoms with Crippen LogP contribution < -0.4 is 0 Å². The van der Waals surface area contributed by atoms with Crippen molar-refractivity contribution in [3.8, 4) is 0 Å². The van der Waals surface area contributed by atoms with Crippen LogP contribution in [0.1, 0.15) is 168 Å². The van der Waals surface area contributed by atoms with Gasteiger partial charge in [0.25, 0.3) is 0 Å². The van der Waals surface area contributed by atoms with Crippen LogP contribution in [0.3, 0.4) is 0 Å². The first-order chi connectivity index (χ1) is 29.5. The van der Waals surface area contributed by atoms with Gasteiger partial charge < -0.3 is 14.2 Å². The molecule has 0 bridgehead atoms. The van der Waals surface area contributed by atoms with Crippen molar-refractivity contribution >= 4 is 17.9 Å². The topological polar surface area (TPSA) is 78.9 Å². The average Bonchev–Trinajstić information content (AvgIpc) is 3.24. The van der Waals surface area contributed by atoms with E-state index < -0.39 is 6.10 Å². The van der Waals surface area contributed by atoms with E-state index in [1.807, 2.05) is 48.6 Å². The van der Waals surface area contributed by atoms with Crippen molar-refractivity contribution in [2.24, 2.45) is 0 Å². The second-order valence-electron chi connectivity index (χ2n) is 14.7. The number of allylic oxidation sites excluding steroid dienone is 22. The molecule has 0 aliphatic rings. The van der Waals surface area contributed by atoms with Gasteiger partial charge in [0.05, 0.1) is 0 Å². The molecular formula is C54H82O6. The summed E-state index contributed by atoms with van der Waals surface area (Å²) in [6.07, 6.45) is 65.7. The molecule has 0 saturated carbocycles. The van der Waals surface area contributed by atoms with Crippen LogP contribution in [-0.2, 0) is 28.6 Å². The Labute approximate surface area is 366 Å². The number of hydrogen-bond acceptors (Lipinski definition) is 6. The lowest BCUT2D eigenvalue weighted by Gasteiger charge is -2.18. The Morgan fingerprint density at radius 3 is 1.20 bits per heavy atom. The summed E-state index contributed by atoms with van der Waals surface area (Å²) in [6.45, 7) is 6.20. The molecule has 0 rings (SSSR count). The highest BCUT2D eigenvalue weighted by molar-refractivity contribution is 5.71. The van der Waals surface area contributed by atoms with Crippen LogP contribution in [0.5, 0.6) is 0 Å². The molecule has 0 N–H and O–H groups in total. The molecule has 0 heterocycles. The molecule has 334 valence electrons. The molecule has 60 heavy (non-hydrogen) atoms. The van der Waals surface area contributed by atoms with E-state index in [1.54, 1.807) is 0 Å². The van der Waals surface area contributed by atoms with Gasteiger partial charge in [-0.1, -0.05) is 187 Å². The lowest BCUT2D eigenvalue weighted by Crippen LogP contribution is -2.30. The van der Waals surface area contributed by atoms with Gasteiger partial charge in [0.2, 0.25) is 0 Å². The third-order valence-electron chi connectivity index (χ3n) is 9.03. The number of unbranched alkanes of at least 4 members (excludes halogenated alkanes) is 11. The van der Waals surface area contributed by atoms with Gasteiger partial charge in [-0.05, 0) is 96.3 Å². The van der Waals surface area contributed by atoms with Crippen LogP contribution in [0.25, 0.3) is 0 Å². The largest absolute Gasteiger partial charge is 0.462 e. The number of esters is 3. The molecule has 0 spiro atoms. The van der Waals surface area contributed by atoms with Crippen molar-refractivity contribution in [3.63, 3.8) is 0 Å². The van der Waals surface area contributed by atoms with Gasteiger partial charge in [0.15, 0.2) is 6.10 Å². The van der Waals surface area contributed by atoms with Crippen molar-refractivity contribution in [1.82, 2.24) is 0 Å². The van der Waals surface area contributed by atoms with E-state index in [1.165, 1.54) is 12.8 Å². The molecule has 0 aromatic rings. The summed E-state index contributed by atoms with van der Waals surface area (Å²) in [5.41, 5.74) is 0. The first kappa shape index (κ1) is 55.5. The Balaban J connectivity index is 4.59. The summed E-state index contributed by atoms with van der Waals surface area (Å²) in [6, 6.07) is 0. The van der Waals surface area contributed by atoms with E-state index >= 15 is 0 Å². The zero-order valence-electron chi connectivity index (χ0n) is 37.9. The van der Waals surface area contributed by atoms with E-state index in [4.69, 9.17) is 14.2 Å². The van der Waals surface area contributed by atoms with Gasteiger partial charge in [-0.25, -0.2) is 0 Å². The van der Waals surface area contributed by atoms with Gasteiger partial charge in [-0.2, -0.15) is 0 Å². The molecule has 0 saturated heterocycles. The fraction of sp³-hybridized carbons (Fsp3) is 0.537. The highest BCUT2D eigenvalue weighted by Gasteiger charge is 2.19. The molecule has 1 unspecified atom stereocenters. The summed E-state index contributed by atoms with van der Waals surface area (Å²) in [5, 5.41) is 0. The molecule has 0 fully saturated rings. The maximum absolute atomic E-state index is 12.7. The lowest BCUT2D eigenvalue weighted by atomic mass is 10.1. The second kappa shape index (κ2) is 47.2. The standard InChI is InChI=1S/C54H82O6/c1-4-7-10-13-16-19-22-24-26-28-29-32-35-38-41-44-47-53(56)59-50-51(49-58-52(55)46-43-40-37-34-31-21-18-15-12-9-6-3)60-54(57)48-45-42-39-36-33-30-27-25-23-20-17-14-11-8-5-2/h7-8,10-11,14-21,23-27,29-33,51H,4-6,9,12-13,22,28,34-50H2,1-3H3/b10-7-,11-8-,17-14-,18-15-,19-16-,23-20-,26-24-,27-25-,31-21-,32-29-,33-30-. The molecule has 0 radical (unpaired) electrons. The summed E-state index contributed by atoms with van der Waals surface area (Å²) >= 11 is 0. The SMILES string of the molecule is CC\C=C/C=C\C=C/C=C\C=C/CCCCCC(=O)OC(COC(=O)CCCCC/C=C\C=C/CCCC)COC(=O)CCCCC/C=C\C/C=C\C/C=C\C/C=C\CC. The monoisotopic (exact) mass is 827 g/mol.